The maximum atomic E-state index is 14.3. The van der Waals surface area contributed by atoms with Gasteiger partial charge >= 0.3 is 0 Å². The van der Waals surface area contributed by atoms with Crippen LogP contribution >= 0.6 is 0 Å². The lowest BCUT2D eigenvalue weighted by atomic mass is 9.93. The molecule has 1 aromatic carbocycles. The predicted octanol–water partition coefficient (Wildman–Crippen LogP) is 3.76. The van der Waals surface area contributed by atoms with E-state index in [0.29, 0.717) is 28.7 Å². The van der Waals surface area contributed by atoms with Crippen LogP contribution in [0.2, 0.25) is 0 Å². The normalized spacial score (nSPS) is 25.8. The molecule has 0 saturated heterocycles. The average molecular weight is 441 g/mol. The van der Waals surface area contributed by atoms with Gasteiger partial charge in [-0.1, -0.05) is 12.1 Å². The number of para-hydroxylation sites is 1. The first kappa shape index (κ1) is 21.1. The zero-order valence-corrected chi connectivity index (χ0v) is 17.9. The van der Waals surface area contributed by atoms with Gasteiger partial charge in [-0.05, 0) is 63.0 Å². The third kappa shape index (κ3) is 4.27. The summed E-state index contributed by atoms with van der Waals surface area (Å²) in [7, 11) is 0. The number of aliphatic hydroxyl groups excluding tert-OH is 2. The molecule has 0 bridgehead atoms. The third-order valence-corrected chi connectivity index (χ3v) is 6.72. The van der Waals surface area contributed by atoms with Gasteiger partial charge in [0.05, 0.1) is 18.0 Å². The molecule has 9 heteroatoms. The van der Waals surface area contributed by atoms with E-state index in [9.17, 15) is 14.6 Å². The van der Waals surface area contributed by atoms with E-state index in [4.69, 9.17) is 4.98 Å². The molecule has 2 atom stereocenters. The van der Waals surface area contributed by atoms with Crippen molar-refractivity contribution in [2.75, 3.05) is 17.2 Å². The molecular formula is C23H29FN6O2. The van der Waals surface area contributed by atoms with Crippen molar-refractivity contribution in [1.29, 1.82) is 0 Å². The third-order valence-electron chi connectivity index (χ3n) is 6.72. The van der Waals surface area contributed by atoms with Crippen molar-refractivity contribution in [2.24, 2.45) is 5.92 Å². The number of hydrogen-bond acceptors (Lipinski definition) is 7. The van der Waals surface area contributed by atoms with Gasteiger partial charge in [-0.25, -0.2) is 14.4 Å². The maximum Gasteiger partial charge on any atom is 0.224 e. The Morgan fingerprint density at radius 2 is 1.88 bits per heavy atom. The second kappa shape index (κ2) is 8.99. The second-order valence-corrected chi connectivity index (χ2v) is 8.98. The minimum Gasteiger partial charge on any atom is -0.396 e. The fourth-order valence-corrected chi connectivity index (χ4v) is 4.93. The lowest BCUT2D eigenvalue weighted by molar-refractivity contribution is 0.126. The fourth-order valence-electron chi connectivity index (χ4n) is 4.93. The van der Waals surface area contributed by atoms with Crippen LogP contribution in [0.15, 0.2) is 30.5 Å². The highest BCUT2D eigenvalue weighted by molar-refractivity contribution is 5.76. The summed E-state index contributed by atoms with van der Waals surface area (Å²) in [5, 5.41) is 25.9. The van der Waals surface area contributed by atoms with Crippen molar-refractivity contribution in [2.45, 2.75) is 63.1 Å². The maximum absolute atomic E-state index is 14.3. The van der Waals surface area contributed by atoms with Crippen LogP contribution in [0.25, 0.3) is 11.2 Å². The molecule has 0 spiro atoms. The molecule has 170 valence electrons. The summed E-state index contributed by atoms with van der Waals surface area (Å²) in [5.41, 5.74) is 1.69. The van der Waals surface area contributed by atoms with E-state index in [0.717, 1.165) is 44.9 Å². The first-order valence-corrected chi connectivity index (χ1v) is 11.4. The van der Waals surface area contributed by atoms with Gasteiger partial charge in [0.15, 0.2) is 5.65 Å². The molecule has 3 aromatic rings. The van der Waals surface area contributed by atoms with E-state index < -0.39 is 0 Å². The SMILES string of the molecule is OC[C@H]1CC[C@H](n2c(Nc3ccccc3F)nc3cnc(N[C@H]4CC[C@H](O)CC4)nc32)C1. The molecule has 5 rings (SSSR count). The first-order valence-electron chi connectivity index (χ1n) is 11.4. The van der Waals surface area contributed by atoms with Crippen LogP contribution in [0.1, 0.15) is 51.0 Å². The fraction of sp³-hybridized carbons (Fsp3) is 0.522. The van der Waals surface area contributed by atoms with Crippen LogP contribution in [-0.4, -0.2) is 48.5 Å². The summed E-state index contributed by atoms with van der Waals surface area (Å²) in [6.07, 6.45) is 7.44. The van der Waals surface area contributed by atoms with Crippen molar-refractivity contribution >= 4 is 28.7 Å². The molecule has 2 fully saturated rings. The number of benzene rings is 1. The number of hydrogen-bond donors (Lipinski definition) is 4. The quantitative estimate of drug-likeness (QED) is 0.462. The number of fused-ring (bicyclic) bond motifs is 1. The Bertz CT molecular complexity index is 1080. The van der Waals surface area contributed by atoms with Crippen LogP contribution in [0.3, 0.4) is 0 Å². The zero-order valence-electron chi connectivity index (χ0n) is 17.9. The Kier molecular flexibility index (Phi) is 5.93. The molecule has 4 N–H and O–H groups in total. The van der Waals surface area contributed by atoms with Gasteiger partial charge in [-0.15, -0.1) is 0 Å². The lowest BCUT2D eigenvalue weighted by Gasteiger charge is -2.26. The first-order chi connectivity index (χ1) is 15.6. The Hall–Kier alpha value is -2.78. The van der Waals surface area contributed by atoms with Gasteiger partial charge in [0, 0.05) is 18.7 Å². The van der Waals surface area contributed by atoms with Crippen molar-refractivity contribution in [3.05, 3.63) is 36.3 Å². The van der Waals surface area contributed by atoms with E-state index in [2.05, 4.69) is 20.6 Å². The minimum atomic E-state index is -0.348. The summed E-state index contributed by atoms with van der Waals surface area (Å²) in [6.45, 7) is 0.161. The van der Waals surface area contributed by atoms with E-state index in [1.165, 1.54) is 6.07 Å². The number of aromatic nitrogens is 4. The number of anilines is 3. The number of nitrogens with one attached hydrogen (secondary N) is 2. The van der Waals surface area contributed by atoms with Gasteiger partial charge in [0.1, 0.15) is 11.3 Å². The number of halogens is 1. The van der Waals surface area contributed by atoms with Crippen LogP contribution in [0.5, 0.6) is 0 Å². The standard InChI is InChI=1S/C23H29FN6O2/c24-18-3-1-2-4-19(18)27-23-28-20-12-25-22(26-15-6-9-17(32)10-7-15)29-21(20)30(23)16-8-5-14(11-16)13-31/h1-4,12,14-17,31-32H,5-11,13H2,(H,27,28)(H,25,26,29)/t14-,15-,16-,17-/m0/s1. The smallest absolute Gasteiger partial charge is 0.224 e. The summed E-state index contributed by atoms with van der Waals surface area (Å²) in [6, 6.07) is 6.86. The van der Waals surface area contributed by atoms with Crippen molar-refractivity contribution < 1.29 is 14.6 Å². The van der Waals surface area contributed by atoms with Crippen LogP contribution in [0.4, 0.5) is 22.0 Å². The van der Waals surface area contributed by atoms with E-state index in [-0.39, 0.29) is 36.5 Å². The molecule has 0 radical (unpaired) electrons. The summed E-state index contributed by atoms with van der Waals surface area (Å²) in [4.78, 5) is 13.9. The molecule has 2 saturated carbocycles. The topological polar surface area (TPSA) is 108 Å². The van der Waals surface area contributed by atoms with Crippen LogP contribution in [-0.2, 0) is 0 Å². The summed E-state index contributed by atoms with van der Waals surface area (Å²) in [5.74, 6) is 0.959. The molecule has 0 unspecified atom stereocenters. The minimum absolute atomic E-state index is 0.110. The molecule has 8 nitrogen and oxygen atoms in total. The largest absolute Gasteiger partial charge is 0.396 e. The van der Waals surface area contributed by atoms with E-state index in [1.54, 1.807) is 24.4 Å². The molecule has 2 heterocycles. The Morgan fingerprint density at radius 3 is 2.62 bits per heavy atom. The van der Waals surface area contributed by atoms with Crippen molar-refractivity contribution in [1.82, 2.24) is 19.5 Å². The zero-order chi connectivity index (χ0) is 22.1. The van der Waals surface area contributed by atoms with Gasteiger partial charge in [0.2, 0.25) is 11.9 Å². The second-order valence-electron chi connectivity index (χ2n) is 8.98. The van der Waals surface area contributed by atoms with Gasteiger partial charge < -0.3 is 20.8 Å². The number of rotatable bonds is 6. The van der Waals surface area contributed by atoms with Crippen LogP contribution in [0, 0.1) is 11.7 Å². The van der Waals surface area contributed by atoms with Crippen LogP contribution < -0.4 is 10.6 Å². The summed E-state index contributed by atoms with van der Waals surface area (Å²) >= 11 is 0. The Labute approximate surface area is 185 Å². The lowest BCUT2D eigenvalue weighted by Crippen LogP contribution is -2.29. The number of aliphatic hydroxyl groups is 2. The predicted molar refractivity (Wildman–Crippen MR) is 120 cm³/mol. The molecule has 2 aliphatic rings. The summed E-state index contributed by atoms with van der Waals surface area (Å²) < 4.78 is 16.4. The molecular weight excluding hydrogens is 411 g/mol. The molecule has 2 aromatic heterocycles. The Balaban J connectivity index is 1.49. The van der Waals surface area contributed by atoms with Gasteiger partial charge in [-0.2, -0.15) is 4.98 Å². The molecule has 0 amide bonds. The Morgan fingerprint density at radius 1 is 1.06 bits per heavy atom. The van der Waals surface area contributed by atoms with E-state index >= 15 is 0 Å². The van der Waals surface area contributed by atoms with Crippen molar-refractivity contribution in [3.63, 3.8) is 0 Å². The highest BCUT2D eigenvalue weighted by atomic mass is 19.1. The number of imidazole rings is 1. The molecule has 2 aliphatic carbocycles. The van der Waals surface area contributed by atoms with Crippen molar-refractivity contribution in [3.8, 4) is 0 Å². The van der Waals surface area contributed by atoms with E-state index in [1.807, 2.05) is 4.57 Å². The molecule has 0 aliphatic heterocycles. The number of nitrogens with zero attached hydrogens (tertiary/aromatic N) is 4. The monoisotopic (exact) mass is 440 g/mol. The average Bonchev–Trinajstić information content (AvgIpc) is 3.40. The molecule has 32 heavy (non-hydrogen) atoms. The highest BCUT2D eigenvalue weighted by Gasteiger charge is 2.30. The van der Waals surface area contributed by atoms with Gasteiger partial charge in [-0.3, -0.25) is 4.57 Å². The van der Waals surface area contributed by atoms with Gasteiger partial charge in [0.25, 0.3) is 0 Å². The highest BCUT2D eigenvalue weighted by Crippen LogP contribution is 2.39.